The fourth-order valence-corrected chi connectivity index (χ4v) is 2.14. The van der Waals surface area contributed by atoms with Crippen LogP contribution in [0.15, 0.2) is 23.4 Å². The van der Waals surface area contributed by atoms with E-state index in [0.29, 0.717) is 23.5 Å². The molecule has 0 atom stereocenters. The van der Waals surface area contributed by atoms with Crippen molar-refractivity contribution in [3.05, 3.63) is 23.9 Å². The summed E-state index contributed by atoms with van der Waals surface area (Å²) in [6.07, 6.45) is 1.61. The highest BCUT2D eigenvalue weighted by Gasteiger charge is 2.22. The van der Waals surface area contributed by atoms with Gasteiger partial charge in [0.15, 0.2) is 0 Å². The third-order valence-electron chi connectivity index (χ3n) is 1.89. The summed E-state index contributed by atoms with van der Waals surface area (Å²) < 4.78 is 5.01. The fraction of sp³-hybridized carbons (Fsp3) is 0.333. The van der Waals surface area contributed by atoms with Gasteiger partial charge < -0.3 is 9.84 Å². The monoisotopic (exact) mass is 211 g/mol. The summed E-state index contributed by atoms with van der Waals surface area (Å²) in [5.74, 6) is -0.930. The van der Waals surface area contributed by atoms with Crippen molar-refractivity contribution in [1.82, 2.24) is 4.98 Å². The highest BCUT2D eigenvalue weighted by molar-refractivity contribution is 8.00. The summed E-state index contributed by atoms with van der Waals surface area (Å²) in [4.78, 5) is 14.9. The van der Waals surface area contributed by atoms with Crippen LogP contribution in [-0.4, -0.2) is 34.5 Å². The van der Waals surface area contributed by atoms with E-state index in [9.17, 15) is 4.79 Å². The lowest BCUT2D eigenvalue weighted by Crippen LogP contribution is -2.30. The molecule has 0 bridgehead atoms. The van der Waals surface area contributed by atoms with E-state index in [1.165, 1.54) is 11.8 Å². The van der Waals surface area contributed by atoms with Crippen molar-refractivity contribution >= 4 is 17.7 Å². The van der Waals surface area contributed by atoms with Gasteiger partial charge in [-0.2, -0.15) is 0 Å². The van der Waals surface area contributed by atoms with Crippen LogP contribution in [0, 0.1) is 0 Å². The summed E-state index contributed by atoms with van der Waals surface area (Å²) >= 11 is 1.47. The molecule has 5 heteroatoms. The van der Waals surface area contributed by atoms with Crippen LogP contribution in [0.5, 0.6) is 0 Å². The maximum atomic E-state index is 10.8. The molecule has 1 aliphatic rings. The molecular weight excluding hydrogens is 202 g/mol. The quantitative estimate of drug-likeness (QED) is 0.815. The number of rotatable bonds is 3. The second-order valence-electron chi connectivity index (χ2n) is 2.94. The van der Waals surface area contributed by atoms with Crippen molar-refractivity contribution in [2.75, 3.05) is 13.2 Å². The third kappa shape index (κ3) is 1.88. The predicted molar refractivity (Wildman–Crippen MR) is 51.7 cm³/mol. The molecule has 1 aromatic rings. The zero-order chi connectivity index (χ0) is 9.97. The van der Waals surface area contributed by atoms with Crippen LogP contribution in [-0.2, 0) is 4.74 Å². The van der Waals surface area contributed by atoms with E-state index < -0.39 is 5.97 Å². The molecule has 1 N–H and O–H groups in total. The second-order valence-corrected chi connectivity index (χ2v) is 4.23. The van der Waals surface area contributed by atoms with E-state index in [2.05, 4.69) is 4.98 Å². The van der Waals surface area contributed by atoms with Crippen molar-refractivity contribution in [2.24, 2.45) is 0 Å². The van der Waals surface area contributed by atoms with Crippen LogP contribution in [0.1, 0.15) is 10.4 Å². The lowest BCUT2D eigenvalue weighted by atomic mass is 10.3. The number of pyridine rings is 1. The van der Waals surface area contributed by atoms with Gasteiger partial charge >= 0.3 is 5.97 Å². The first-order chi connectivity index (χ1) is 6.77. The fourth-order valence-electron chi connectivity index (χ4n) is 1.09. The summed E-state index contributed by atoms with van der Waals surface area (Å²) in [6, 6.07) is 3.20. The van der Waals surface area contributed by atoms with Gasteiger partial charge in [0.25, 0.3) is 0 Å². The molecule has 14 heavy (non-hydrogen) atoms. The van der Waals surface area contributed by atoms with Crippen LogP contribution in [0.4, 0.5) is 0 Å². The minimum atomic E-state index is -0.930. The molecule has 1 aliphatic heterocycles. The van der Waals surface area contributed by atoms with Crippen LogP contribution >= 0.6 is 11.8 Å². The molecule has 2 rings (SSSR count). The highest BCUT2D eigenvalue weighted by atomic mass is 32.2. The number of thioether (sulfide) groups is 1. The molecule has 2 heterocycles. The van der Waals surface area contributed by atoms with Gasteiger partial charge in [-0.3, -0.25) is 0 Å². The van der Waals surface area contributed by atoms with E-state index in [0.717, 1.165) is 0 Å². The molecule has 1 fully saturated rings. The van der Waals surface area contributed by atoms with Gasteiger partial charge in [0.05, 0.1) is 24.0 Å². The van der Waals surface area contributed by atoms with Crippen molar-refractivity contribution in [3.63, 3.8) is 0 Å². The number of aromatic carboxylic acids is 1. The summed E-state index contributed by atoms with van der Waals surface area (Å²) in [5, 5.41) is 9.81. The number of carbonyl (C=O) groups is 1. The standard InChI is InChI=1S/C9H9NO3S/c11-9(12)7-2-1-3-10-8(7)14-6-4-13-5-6/h1-3,6H,4-5H2,(H,11,12). The summed E-state index contributed by atoms with van der Waals surface area (Å²) in [5.41, 5.74) is 0.268. The van der Waals surface area contributed by atoms with Gasteiger partial charge in [0.2, 0.25) is 0 Å². The van der Waals surface area contributed by atoms with Crippen LogP contribution < -0.4 is 0 Å². The minimum absolute atomic E-state index is 0.268. The first-order valence-corrected chi connectivity index (χ1v) is 5.08. The summed E-state index contributed by atoms with van der Waals surface area (Å²) in [6.45, 7) is 1.36. The van der Waals surface area contributed by atoms with Crippen LogP contribution in [0.2, 0.25) is 0 Å². The molecule has 0 aliphatic carbocycles. The first kappa shape index (κ1) is 9.48. The Morgan fingerprint density at radius 3 is 3.00 bits per heavy atom. The normalized spacial score (nSPS) is 16.3. The number of hydrogen-bond acceptors (Lipinski definition) is 4. The Balaban J connectivity index is 2.17. The number of hydrogen-bond donors (Lipinski definition) is 1. The van der Waals surface area contributed by atoms with Crippen molar-refractivity contribution in [3.8, 4) is 0 Å². The maximum absolute atomic E-state index is 10.8. The van der Waals surface area contributed by atoms with Gasteiger partial charge in [0, 0.05) is 6.20 Å². The summed E-state index contributed by atoms with van der Waals surface area (Å²) in [7, 11) is 0. The molecule has 74 valence electrons. The Labute approximate surface area is 85.3 Å². The maximum Gasteiger partial charge on any atom is 0.338 e. The molecule has 0 aromatic carbocycles. The van der Waals surface area contributed by atoms with E-state index in [4.69, 9.17) is 9.84 Å². The lowest BCUT2D eigenvalue weighted by molar-refractivity contribution is 0.0454. The van der Waals surface area contributed by atoms with Gasteiger partial charge in [0.1, 0.15) is 5.03 Å². The predicted octanol–water partition coefficient (Wildman–Crippen LogP) is 1.27. The highest BCUT2D eigenvalue weighted by Crippen LogP contribution is 2.28. The Bertz CT molecular complexity index is 352. The van der Waals surface area contributed by atoms with E-state index >= 15 is 0 Å². The minimum Gasteiger partial charge on any atom is -0.478 e. The Hall–Kier alpha value is -1.07. The van der Waals surface area contributed by atoms with Gasteiger partial charge in [-0.1, -0.05) is 11.8 Å². The van der Waals surface area contributed by atoms with Gasteiger partial charge in [-0.25, -0.2) is 9.78 Å². The number of ether oxygens (including phenoxy) is 1. The molecule has 1 saturated heterocycles. The average Bonchev–Trinajstić information content (AvgIpc) is 2.12. The number of nitrogens with zero attached hydrogens (tertiary/aromatic N) is 1. The molecular formula is C9H9NO3S. The number of carboxylic acid groups (broad SMARTS) is 1. The Kier molecular flexibility index (Phi) is 2.69. The number of aromatic nitrogens is 1. The largest absolute Gasteiger partial charge is 0.478 e. The third-order valence-corrected chi connectivity index (χ3v) is 3.04. The van der Waals surface area contributed by atoms with E-state index in [-0.39, 0.29) is 5.56 Å². The molecule has 4 nitrogen and oxygen atoms in total. The molecule has 0 unspecified atom stereocenters. The SMILES string of the molecule is O=C(O)c1cccnc1SC1COC1. The van der Waals surface area contributed by atoms with Crippen LogP contribution in [0.25, 0.3) is 0 Å². The lowest BCUT2D eigenvalue weighted by Gasteiger charge is -2.24. The average molecular weight is 211 g/mol. The molecule has 0 amide bonds. The smallest absolute Gasteiger partial charge is 0.338 e. The molecule has 0 saturated carbocycles. The van der Waals surface area contributed by atoms with E-state index in [1.54, 1.807) is 18.3 Å². The van der Waals surface area contributed by atoms with E-state index in [1.807, 2.05) is 0 Å². The first-order valence-electron chi connectivity index (χ1n) is 4.20. The zero-order valence-electron chi connectivity index (χ0n) is 7.34. The molecule has 0 radical (unpaired) electrons. The molecule has 0 spiro atoms. The number of carboxylic acids is 1. The Morgan fingerprint density at radius 2 is 2.43 bits per heavy atom. The van der Waals surface area contributed by atoms with Crippen molar-refractivity contribution in [1.29, 1.82) is 0 Å². The Morgan fingerprint density at radius 1 is 1.64 bits per heavy atom. The van der Waals surface area contributed by atoms with Gasteiger partial charge in [-0.05, 0) is 12.1 Å². The zero-order valence-corrected chi connectivity index (χ0v) is 8.16. The van der Waals surface area contributed by atoms with Crippen molar-refractivity contribution in [2.45, 2.75) is 10.3 Å². The van der Waals surface area contributed by atoms with Gasteiger partial charge in [-0.15, -0.1) is 0 Å². The second kappa shape index (κ2) is 3.98. The topological polar surface area (TPSA) is 59.4 Å². The molecule has 1 aromatic heterocycles. The van der Waals surface area contributed by atoms with Crippen molar-refractivity contribution < 1.29 is 14.6 Å². The van der Waals surface area contributed by atoms with Crippen LogP contribution in [0.3, 0.4) is 0 Å².